The smallest absolute Gasteiger partial charge is 0.354 e. The molecule has 2 atom stereocenters. The van der Waals surface area contributed by atoms with Crippen molar-refractivity contribution in [2.24, 2.45) is 11.3 Å². The zero-order chi connectivity index (χ0) is 15.4. The van der Waals surface area contributed by atoms with Crippen molar-refractivity contribution in [3.05, 3.63) is 0 Å². The molecule has 1 rings (SSSR count). The Bertz CT molecular complexity index is 323. The van der Waals surface area contributed by atoms with Gasteiger partial charge in [0, 0.05) is 24.5 Å². The van der Waals surface area contributed by atoms with E-state index >= 15 is 0 Å². The molecule has 1 fully saturated rings. The van der Waals surface area contributed by atoms with Crippen LogP contribution < -0.4 is 10.6 Å². The van der Waals surface area contributed by atoms with Crippen molar-refractivity contribution in [2.45, 2.75) is 58.7 Å². The van der Waals surface area contributed by atoms with Crippen LogP contribution in [0.3, 0.4) is 0 Å². The Balaban J connectivity index is 2.24. The van der Waals surface area contributed by atoms with E-state index in [4.69, 9.17) is 0 Å². The minimum atomic E-state index is -4.08. The molecule has 0 spiro atoms. The van der Waals surface area contributed by atoms with Crippen LogP contribution in [0.2, 0.25) is 0 Å². The molecule has 118 valence electrons. The number of rotatable bonds is 4. The van der Waals surface area contributed by atoms with E-state index in [1.165, 1.54) is 0 Å². The summed E-state index contributed by atoms with van der Waals surface area (Å²) in [6.07, 6.45) is -2.31. The minimum absolute atomic E-state index is 0.0453. The number of carbonyl (C=O) groups excluding carboxylic acids is 1. The molecule has 0 radical (unpaired) electrons. The Hall–Kier alpha value is -0.780. The summed E-state index contributed by atoms with van der Waals surface area (Å²) in [6.45, 7) is 6.43. The number of hydrogen-bond donors (Lipinski definition) is 2. The van der Waals surface area contributed by atoms with Crippen LogP contribution in [0.1, 0.15) is 46.5 Å². The third-order valence-corrected chi connectivity index (χ3v) is 3.66. The Morgan fingerprint density at radius 2 is 1.80 bits per heavy atom. The van der Waals surface area contributed by atoms with E-state index in [1.54, 1.807) is 0 Å². The largest absolute Gasteiger partial charge is 0.391 e. The van der Waals surface area contributed by atoms with E-state index in [2.05, 4.69) is 10.6 Å². The molecule has 1 amide bonds. The first-order valence-corrected chi connectivity index (χ1v) is 7.19. The number of nitrogens with one attached hydrogen (secondary N) is 2. The average molecular weight is 294 g/mol. The number of alkyl halides is 3. The zero-order valence-corrected chi connectivity index (χ0v) is 12.4. The molecule has 0 heterocycles. The molecule has 0 saturated heterocycles. The maximum Gasteiger partial charge on any atom is 0.391 e. The maximum absolute atomic E-state index is 12.7. The van der Waals surface area contributed by atoms with Gasteiger partial charge in [0.05, 0.1) is 5.92 Å². The lowest BCUT2D eigenvalue weighted by Crippen LogP contribution is -2.43. The molecule has 0 aliphatic heterocycles. The van der Waals surface area contributed by atoms with Gasteiger partial charge in [-0.3, -0.25) is 4.79 Å². The van der Waals surface area contributed by atoms with Crippen LogP contribution in [0.15, 0.2) is 0 Å². The molecule has 3 nitrogen and oxygen atoms in total. The lowest BCUT2D eigenvalue weighted by molar-refractivity contribution is -0.183. The van der Waals surface area contributed by atoms with E-state index in [-0.39, 0.29) is 24.8 Å². The summed E-state index contributed by atoms with van der Waals surface area (Å²) < 4.78 is 38.0. The van der Waals surface area contributed by atoms with E-state index in [9.17, 15) is 18.0 Å². The number of amides is 1. The van der Waals surface area contributed by atoms with Crippen molar-refractivity contribution in [1.82, 2.24) is 10.6 Å². The summed E-state index contributed by atoms with van der Waals surface area (Å²) in [5.74, 6) is -1.23. The molecule has 2 unspecified atom stereocenters. The first-order chi connectivity index (χ1) is 9.10. The third kappa shape index (κ3) is 5.69. The van der Waals surface area contributed by atoms with Crippen LogP contribution in [0.25, 0.3) is 0 Å². The SMILES string of the molecule is CC(C)(C)C(=O)NCCNC1CCCC(C(F)(F)F)C1. The summed E-state index contributed by atoms with van der Waals surface area (Å²) >= 11 is 0. The quantitative estimate of drug-likeness (QED) is 0.783. The van der Waals surface area contributed by atoms with Crippen molar-refractivity contribution in [3.63, 3.8) is 0 Å². The predicted octanol–water partition coefficient (Wildman–Crippen LogP) is 2.86. The predicted molar refractivity (Wildman–Crippen MR) is 72.3 cm³/mol. The zero-order valence-electron chi connectivity index (χ0n) is 12.4. The first kappa shape index (κ1) is 17.3. The van der Waals surface area contributed by atoms with E-state index < -0.39 is 17.5 Å². The Kier molecular flexibility index (Phi) is 5.86. The second-order valence-corrected chi connectivity index (χ2v) is 6.56. The molecule has 6 heteroatoms. The van der Waals surface area contributed by atoms with Gasteiger partial charge in [0.15, 0.2) is 0 Å². The lowest BCUT2D eigenvalue weighted by Gasteiger charge is -2.31. The fraction of sp³-hybridized carbons (Fsp3) is 0.929. The number of carbonyl (C=O) groups is 1. The van der Waals surface area contributed by atoms with Gasteiger partial charge in [-0.05, 0) is 19.3 Å². The van der Waals surface area contributed by atoms with Crippen molar-refractivity contribution in [3.8, 4) is 0 Å². The minimum Gasteiger partial charge on any atom is -0.354 e. The second kappa shape index (κ2) is 6.78. The molecule has 2 N–H and O–H groups in total. The Morgan fingerprint density at radius 3 is 2.35 bits per heavy atom. The maximum atomic E-state index is 12.7. The standard InChI is InChI=1S/C14H25F3N2O/c1-13(2,3)12(20)19-8-7-18-11-6-4-5-10(9-11)14(15,16)17/h10-11,18H,4-9H2,1-3H3,(H,19,20). The molecule has 1 aliphatic rings. The van der Waals surface area contributed by atoms with Gasteiger partial charge in [0.1, 0.15) is 0 Å². The van der Waals surface area contributed by atoms with Crippen molar-refractivity contribution < 1.29 is 18.0 Å². The molecule has 0 aromatic rings. The van der Waals surface area contributed by atoms with Crippen LogP contribution in [-0.2, 0) is 4.79 Å². The van der Waals surface area contributed by atoms with Gasteiger partial charge in [0.25, 0.3) is 0 Å². The van der Waals surface area contributed by atoms with Gasteiger partial charge in [-0.2, -0.15) is 13.2 Å². The summed E-state index contributed by atoms with van der Waals surface area (Å²) in [4.78, 5) is 11.6. The first-order valence-electron chi connectivity index (χ1n) is 7.19. The molecule has 20 heavy (non-hydrogen) atoms. The monoisotopic (exact) mass is 294 g/mol. The molecule has 1 aliphatic carbocycles. The summed E-state index contributed by atoms with van der Waals surface area (Å²) in [5.41, 5.74) is -0.438. The van der Waals surface area contributed by atoms with Gasteiger partial charge in [-0.1, -0.05) is 27.2 Å². The van der Waals surface area contributed by atoms with Gasteiger partial charge in [-0.25, -0.2) is 0 Å². The highest BCUT2D eigenvalue weighted by molar-refractivity contribution is 5.81. The summed E-state index contributed by atoms with van der Waals surface area (Å²) in [5, 5.41) is 5.90. The van der Waals surface area contributed by atoms with Crippen LogP contribution >= 0.6 is 0 Å². The molecular formula is C14H25F3N2O. The van der Waals surface area contributed by atoms with E-state index in [1.807, 2.05) is 20.8 Å². The Labute approximate surface area is 118 Å². The highest BCUT2D eigenvalue weighted by atomic mass is 19.4. The molecular weight excluding hydrogens is 269 g/mol. The topological polar surface area (TPSA) is 41.1 Å². The van der Waals surface area contributed by atoms with Crippen LogP contribution in [-0.4, -0.2) is 31.2 Å². The fourth-order valence-electron chi connectivity index (χ4n) is 2.39. The van der Waals surface area contributed by atoms with Crippen LogP contribution in [0.4, 0.5) is 13.2 Å². The van der Waals surface area contributed by atoms with E-state index in [0.717, 1.165) is 6.42 Å². The van der Waals surface area contributed by atoms with Crippen molar-refractivity contribution in [1.29, 1.82) is 0 Å². The van der Waals surface area contributed by atoms with Crippen LogP contribution in [0.5, 0.6) is 0 Å². The van der Waals surface area contributed by atoms with Crippen molar-refractivity contribution in [2.75, 3.05) is 13.1 Å². The number of hydrogen-bond acceptors (Lipinski definition) is 2. The lowest BCUT2D eigenvalue weighted by atomic mass is 9.85. The highest BCUT2D eigenvalue weighted by Gasteiger charge is 2.41. The summed E-state index contributed by atoms with van der Waals surface area (Å²) in [7, 11) is 0. The average Bonchev–Trinajstić information content (AvgIpc) is 2.32. The third-order valence-electron chi connectivity index (χ3n) is 3.66. The molecule has 0 aromatic carbocycles. The second-order valence-electron chi connectivity index (χ2n) is 6.56. The van der Waals surface area contributed by atoms with Crippen LogP contribution in [0, 0.1) is 11.3 Å². The summed E-state index contributed by atoms with van der Waals surface area (Å²) in [6, 6.07) is -0.0955. The van der Waals surface area contributed by atoms with Gasteiger partial charge in [0.2, 0.25) is 5.91 Å². The molecule has 0 aromatic heterocycles. The molecule has 1 saturated carbocycles. The highest BCUT2D eigenvalue weighted by Crippen LogP contribution is 2.37. The van der Waals surface area contributed by atoms with Gasteiger partial charge in [-0.15, -0.1) is 0 Å². The number of halogens is 3. The van der Waals surface area contributed by atoms with E-state index in [0.29, 0.717) is 19.5 Å². The fourth-order valence-corrected chi connectivity index (χ4v) is 2.39. The normalized spacial score (nSPS) is 24.5. The Morgan fingerprint density at radius 1 is 1.15 bits per heavy atom. The van der Waals surface area contributed by atoms with Gasteiger partial charge < -0.3 is 10.6 Å². The van der Waals surface area contributed by atoms with Crippen molar-refractivity contribution >= 4 is 5.91 Å². The van der Waals surface area contributed by atoms with Gasteiger partial charge >= 0.3 is 6.18 Å². The molecule has 0 bridgehead atoms.